The molecule has 2 heterocycles. The highest BCUT2D eigenvalue weighted by Gasteiger charge is 2.30. The lowest BCUT2D eigenvalue weighted by molar-refractivity contribution is -0.139. The fourth-order valence-corrected chi connectivity index (χ4v) is 7.92. The van der Waals surface area contributed by atoms with Crippen LogP contribution >= 0.6 is 23.2 Å². The van der Waals surface area contributed by atoms with Crippen molar-refractivity contribution in [2.75, 3.05) is 20.8 Å². The number of aryl methyl sites for hydroxylation is 1. The van der Waals surface area contributed by atoms with Gasteiger partial charge in [-0.15, -0.1) is 0 Å². The monoisotopic (exact) mass is 745 g/mol. The number of carbonyl (C=O) groups excluding carboxylic acids is 1. The largest absolute Gasteiger partial charge is 0.481 e. The number of carbonyl (C=O) groups is 2. The van der Waals surface area contributed by atoms with Crippen molar-refractivity contribution in [3.63, 3.8) is 0 Å². The number of hydrogen-bond acceptors (Lipinski definition) is 8. The average Bonchev–Trinajstić information content (AvgIpc) is 3.73. The number of fused-ring (bicyclic) bond motifs is 1. The third-order valence-corrected chi connectivity index (χ3v) is 10.8. The molecule has 0 aliphatic heterocycles. The molecule has 2 aromatic heterocycles. The molecule has 0 spiro atoms. The van der Waals surface area contributed by atoms with Gasteiger partial charge in [0.1, 0.15) is 16.9 Å². The molecule has 2 N–H and O–H groups in total. The number of aliphatic carboxylic acids is 1. The van der Waals surface area contributed by atoms with E-state index >= 15 is 0 Å². The van der Waals surface area contributed by atoms with Crippen LogP contribution in [-0.4, -0.2) is 47.6 Å². The van der Waals surface area contributed by atoms with Crippen LogP contribution in [0.25, 0.3) is 22.4 Å². The highest BCUT2D eigenvalue weighted by atomic mass is 35.5. The second-order valence-corrected chi connectivity index (χ2v) is 15.3. The van der Waals surface area contributed by atoms with Crippen molar-refractivity contribution in [3.8, 4) is 40.0 Å². The van der Waals surface area contributed by atoms with E-state index in [2.05, 4.69) is 22.4 Å². The predicted molar refractivity (Wildman–Crippen MR) is 203 cm³/mol. The molecule has 0 unspecified atom stereocenters. The Morgan fingerprint density at radius 1 is 0.923 bits per heavy atom. The van der Waals surface area contributed by atoms with Gasteiger partial charge in [0.05, 0.1) is 31.4 Å². The van der Waals surface area contributed by atoms with Crippen molar-refractivity contribution >= 4 is 35.0 Å². The molecule has 2 aromatic carbocycles. The Morgan fingerprint density at radius 3 is 2.38 bits per heavy atom. The molecule has 1 fully saturated rings. The first-order valence-electron chi connectivity index (χ1n) is 17.8. The number of nitrogens with one attached hydrogen (secondary N) is 1. The van der Waals surface area contributed by atoms with E-state index in [0.29, 0.717) is 77.3 Å². The van der Waals surface area contributed by atoms with Crippen LogP contribution in [0, 0.1) is 11.3 Å². The van der Waals surface area contributed by atoms with Crippen LogP contribution in [0.15, 0.2) is 54.6 Å². The van der Waals surface area contributed by atoms with Gasteiger partial charge in [-0.05, 0) is 78.8 Å². The fraction of sp³-hybridized carbons (Fsp3) is 0.415. The van der Waals surface area contributed by atoms with Gasteiger partial charge in [0, 0.05) is 41.6 Å². The zero-order chi connectivity index (χ0) is 37.0. The predicted octanol–water partition coefficient (Wildman–Crippen LogP) is 9.09. The number of ether oxygens (including phenoxy) is 3. The normalized spacial score (nSPS) is 16.9. The summed E-state index contributed by atoms with van der Waals surface area (Å²) in [4.78, 5) is 32.4. The van der Waals surface area contributed by atoms with E-state index in [4.69, 9.17) is 42.4 Å². The Kier molecular flexibility index (Phi) is 11.7. The van der Waals surface area contributed by atoms with Crippen LogP contribution in [-0.2, 0) is 29.0 Å². The number of carboxylic acids is 1. The molecule has 2 aliphatic carbocycles. The Hall–Kier alpha value is -4.18. The van der Waals surface area contributed by atoms with Crippen LogP contribution in [0.2, 0.25) is 10.0 Å². The zero-order valence-corrected chi connectivity index (χ0v) is 31.6. The average molecular weight is 747 g/mol. The molecular weight excluding hydrogens is 701 g/mol. The Bertz CT molecular complexity index is 1970. The van der Waals surface area contributed by atoms with Gasteiger partial charge in [-0.3, -0.25) is 9.59 Å². The van der Waals surface area contributed by atoms with Crippen molar-refractivity contribution in [2.24, 2.45) is 11.3 Å². The summed E-state index contributed by atoms with van der Waals surface area (Å²) >= 11 is 13.9. The lowest BCUT2D eigenvalue weighted by Crippen LogP contribution is -2.21. The number of carboxylic acid groups (broad SMARTS) is 1. The van der Waals surface area contributed by atoms with Crippen molar-refractivity contribution in [1.82, 2.24) is 15.3 Å². The highest BCUT2D eigenvalue weighted by molar-refractivity contribution is 6.36. The second kappa shape index (κ2) is 16.2. The topological polar surface area (TPSA) is 120 Å². The molecule has 4 aromatic rings. The van der Waals surface area contributed by atoms with Crippen LogP contribution < -0.4 is 19.5 Å². The van der Waals surface area contributed by atoms with Crippen molar-refractivity contribution in [3.05, 3.63) is 86.9 Å². The summed E-state index contributed by atoms with van der Waals surface area (Å²) in [7, 11) is 3.18. The van der Waals surface area contributed by atoms with E-state index < -0.39 is 11.4 Å². The molecule has 274 valence electrons. The molecule has 9 nitrogen and oxygen atoms in total. The molecule has 0 radical (unpaired) electrons. The third kappa shape index (κ3) is 8.54. The van der Waals surface area contributed by atoms with E-state index in [-0.39, 0.29) is 12.5 Å². The maximum absolute atomic E-state index is 11.6. The molecule has 11 heteroatoms. The number of hydrogen-bond donors (Lipinski definition) is 2. The van der Waals surface area contributed by atoms with Crippen LogP contribution in [0.1, 0.15) is 80.7 Å². The lowest BCUT2D eigenvalue weighted by Gasteiger charge is -2.23. The first-order valence-corrected chi connectivity index (χ1v) is 18.5. The minimum Gasteiger partial charge on any atom is -0.481 e. The molecule has 0 amide bonds. The number of nitrogens with zero attached hydrogens (tertiary/aromatic N) is 2. The number of pyridine rings is 2. The number of ketones is 1. The number of rotatable bonds is 15. The number of benzene rings is 2. The van der Waals surface area contributed by atoms with Gasteiger partial charge in [0.2, 0.25) is 17.6 Å². The lowest BCUT2D eigenvalue weighted by atomic mass is 9.83. The quantitative estimate of drug-likeness (QED) is 0.123. The Labute approximate surface area is 315 Å². The fourth-order valence-electron chi connectivity index (χ4n) is 7.37. The van der Waals surface area contributed by atoms with E-state index in [9.17, 15) is 14.7 Å². The Balaban J connectivity index is 1.20. The van der Waals surface area contributed by atoms with Crippen molar-refractivity contribution in [2.45, 2.75) is 77.9 Å². The van der Waals surface area contributed by atoms with Crippen LogP contribution in [0.5, 0.6) is 17.6 Å². The summed E-state index contributed by atoms with van der Waals surface area (Å²) in [5.41, 5.74) is 7.01. The summed E-state index contributed by atoms with van der Waals surface area (Å²) in [6, 6.07) is 17.9. The van der Waals surface area contributed by atoms with Gasteiger partial charge in [-0.25, -0.2) is 4.98 Å². The van der Waals surface area contributed by atoms with Gasteiger partial charge in [-0.1, -0.05) is 79.5 Å². The number of Topliss-reactive ketones (excluding diaryl/α,β-unsaturated/α-hetero) is 1. The molecule has 6 rings (SSSR count). The minimum absolute atomic E-state index is 0.0688. The smallest absolute Gasteiger partial charge is 0.303 e. The van der Waals surface area contributed by atoms with Gasteiger partial charge < -0.3 is 24.6 Å². The van der Waals surface area contributed by atoms with Gasteiger partial charge in [-0.2, -0.15) is 4.98 Å². The Morgan fingerprint density at radius 2 is 1.65 bits per heavy atom. The standard InChI is InChI=1S/C41H45Cl2N3O6/c1-41(2,21-36(48)49)18-17-25-20-33(42)40(46-38(25)50-3)52-35-16-14-29-28(7-5-8-30(29)35)31-9-6-10-32(37(31)43)34-15-12-26(39(45-34)51-4)23-44-22-24-11-13-27(47)19-24/h5-10,12,15,20,24,35,44H,11,13-14,16-19,21-23H2,1-4H3,(H,48,49)/t24-,35+/m1/s1. The molecule has 2 aliphatic rings. The first kappa shape index (κ1) is 37.6. The van der Waals surface area contributed by atoms with E-state index in [1.165, 1.54) is 0 Å². The summed E-state index contributed by atoms with van der Waals surface area (Å²) in [6.45, 7) is 5.26. The van der Waals surface area contributed by atoms with Crippen molar-refractivity contribution < 1.29 is 28.9 Å². The second-order valence-electron chi connectivity index (χ2n) is 14.5. The summed E-state index contributed by atoms with van der Waals surface area (Å²) in [5.74, 6) is 1.16. The number of aromatic nitrogens is 2. The van der Waals surface area contributed by atoms with Gasteiger partial charge in [0.25, 0.3) is 0 Å². The molecule has 1 saturated carbocycles. The van der Waals surface area contributed by atoms with Crippen LogP contribution in [0.4, 0.5) is 0 Å². The van der Waals surface area contributed by atoms with E-state index in [1.807, 2.05) is 56.3 Å². The highest BCUT2D eigenvalue weighted by Crippen LogP contribution is 2.45. The molecule has 2 atom stereocenters. The molecule has 0 bridgehead atoms. The number of methoxy groups -OCH3 is 2. The van der Waals surface area contributed by atoms with E-state index in [0.717, 1.165) is 64.8 Å². The molecule has 52 heavy (non-hydrogen) atoms. The first-order chi connectivity index (χ1) is 25.0. The molecule has 0 saturated heterocycles. The summed E-state index contributed by atoms with van der Waals surface area (Å²) in [6.07, 6.45) is 4.80. The zero-order valence-electron chi connectivity index (χ0n) is 30.1. The summed E-state index contributed by atoms with van der Waals surface area (Å²) < 4.78 is 17.8. The summed E-state index contributed by atoms with van der Waals surface area (Å²) in [5, 5.41) is 13.7. The SMILES string of the molecule is COc1nc(-c2cccc(-c3cccc4c3CC[C@@H]4Oc3nc(OC)c(CCC(C)(C)CC(=O)O)cc3Cl)c2Cl)ccc1CNC[C@@H]1CCC(=O)C1. The number of halogens is 2. The van der Waals surface area contributed by atoms with Crippen LogP contribution in [0.3, 0.4) is 0 Å². The third-order valence-electron chi connectivity index (χ3n) is 10.1. The minimum atomic E-state index is -0.825. The van der Waals surface area contributed by atoms with Gasteiger partial charge in [0.15, 0.2) is 0 Å². The van der Waals surface area contributed by atoms with Gasteiger partial charge >= 0.3 is 5.97 Å². The van der Waals surface area contributed by atoms with E-state index in [1.54, 1.807) is 14.2 Å². The maximum Gasteiger partial charge on any atom is 0.303 e. The molecular formula is C41H45Cl2N3O6. The van der Waals surface area contributed by atoms with Crippen molar-refractivity contribution in [1.29, 1.82) is 0 Å². The maximum atomic E-state index is 11.6.